The minimum Gasteiger partial charge on any atom is -0.396 e. The Kier molecular flexibility index (Phi) is 4.56. The molecule has 1 N–H and O–H groups in total. The number of aryl methyl sites for hydroxylation is 1. The van der Waals surface area contributed by atoms with Gasteiger partial charge in [0, 0.05) is 19.6 Å². The highest BCUT2D eigenvalue weighted by atomic mass is 19.4. The molecule has 0 aliphatic carbocycles. The molecular weight excluding hydrogens is 281 g/mol. The first kappa shape index (κ1) is 15.8. The average molecular weight is 300 g/mol. The Bertz CT molecular complexity index is 617. The van der Waals surface area contributed by atoms with Crippen LogP contribution in [0.4, 0.5) is 13.2 Å². The molecular formula is C15H19F3N2O. The third-order valence-corrected chi connectivity index (χ3v) is 3.26. The zero-order valence-corrected chi connectivity index (χ0v) is 12.1. The number of aromatic nitrogens is 2. The molecule has 0 unspecified atom stereocenters. The second-order valence-electron chi connectivity index (χ2n) is 5.56. The monoisotopic (exact) mass is 300 g/mol. The van der Waals surface area contributed by atoms with Crippen molar-refractivity contribution < 1.29 is 18.3 Å². The normalized spacial score (nSPS) is 12.5. The van der Waals surface area contributed by atoms with Crippen molar-refractivity contribution >= 4 is 11.0 Å². The van der Waals surface area contributed by atoms with E-state index in [1.807, 2.05) is 18.4 Å². The van der Waals surface area contributed by atoms with E-state index in [1.165, 1.54) is 6.07 Å². The fourth-order valence-corrected chi connectivity index (χ4v) is 2.35. The van der Waals surface area contributed by atoms with Crippen molar-refractivity contribution in [2.45, 2.75) is 39.4 Å². The minimum atomic E-state index is -4.36. The number of aliphatic hydroxyl groups is 1. The molecule has 1 aromatic heterocycles. The van der Waals surface area contributed by atoms with Gasteiger partial charge in [0.15, 0.2) is 0 Å². The quantitative estimate of drug-likeness (QED) is 0.915. The van der Waals surface area contributed by atoms with E-state index in [4.69, 9.17) is 5.11 Å². The van der Waals surface area contributed by atoms with Gasteiger partial charge >= 0.3 is 6.18 Å². The van der Waals surface area contributed by atoms with Crippen LogP contribution in [-0.2, 0) is 19.1 Å². The molecule has 21 heavy (non-hydrogen) atoms. The van der Waals surface area contributed by atoms with Crippen LogP contribution in [0.5, 0.6) is 0 Å². The Morgan fingerprint density at radius 2 is 2.00 bits per heavy atom. The number of alkyl halides is 3. The van der Waals surface area contributed by atoms with E-state index in [-0.39, 0.29) is 6.61 Å². The maximum absolute atomic E-state index is 12.8. The molecule has 0 atom stereocenters. The molecule has 0 aliphatic heterocycles. The van der Waals surface area contributed by atoms with Crippen molar-refractivity contribution in [2.75, 3.05) is 6.61 Å². The number of halogens is 3. The van der Waals surface area contributed by atoms with Gasteiger partial charge in [-0.05, 0) is 30.5 Å². The molecule has 0 amide bonds. The Balaban J connectivity index is 2.50. The van der Waals surface area contributed by atoms with Gasteiger partial charge in [0.05, 0.1) is 16.6 Å². The van der Waals surface area contributed by atoms with Gasteiger partial charge in [0.2, 0.25) is 0 Å². The highest BCUT2D eigenvalue weighted by molar-refractivity contribution is 5.77. The molecule has 116 valence electrons. The van der Waals surface area contributed by atoms with Crippen LogP contribution in [0.3, 0.4) is 0 Å². The van der Waals surface area contributed by atoms with Gasteiger partial charge in [-0.25, -0.2) is 4.98 Å². The van der Waals surface area contributed by atoms with Gasteiger partial charge in [-0.2, -0.15) is 13.2 Å². The molecule has 0 saturated carbocycles. The van der Waals surface area contributed by atoms with Crippen LogP contribution in [-0.4, -0.2) is 21.3 Å². The predicted molar refractivity (Wildman–Crippen MR) is 75.0 cm³/mol. The fourth-order valence-electron chi connectivity index (χ4n) is 2.35. The third-order valence-electron chi connectivity index (χ3n) is 3.26. The van der Waals surface area contributed by atoms with Crippen LogP contribution in [0.15, 0.2) is 18.2 Å². The average Bonchev–Trinajstić information content (AvgIpc) is 2.72. The van der Waals surface area contributed by atoms with Crippen LogP contribution in [0.1, 0.15) is 31.7 Å². The lowest BCUT2D eigenvalue weighted by Crippen LogP contribution is -2.09. The summed E-state index contributed by atoms with van der Waals surface area (Å²) in [7, 11) is 0. The van der Waals surface area contributed by atoms with E-state index in [9.17, 15) is 13.2 Å². The van der Waals surface area contributed by atoms with Crippen molar-refractivity contribution in [1.29, 1.82) is 0 Å². The Morgan fingerprint density at radius 1 is 1.29 bits per heavy atom. The summed E-state index contributed by atoms with van der Waals surface area (Å²) in [6, 6.07) is 3.67. The summed E-state index contributed by atoms with van der Waals surface area (Å²) >= 11 is 0. The molecule has 0 radical (unpaired) electrons. The summed E-state index contributed by atoms with van der Waals surface area (Å²) in [4.78, 5) is 4.33. The predicted octanol–water partition coefficient (Wildman–Crippen LogP) is 3.64. The number of hydrogen-bond donors (Lipinski definition) is 1. The van der Waals surface area contributed by atoms with E-state index in [2.05, 4.69) is 4.98 Å². The molecule has 0 bridgehead atoms. The lowest BCUT2D eigenvalue weighted by Gasteiger charge is -2.12. The van der Waals surface area contributed by atoms with E-state index >= 15 is 0 Å². The van der Waals surface area contributed by atoms with Crippen LogP contribution in [0, 0.1) is 5.92 Å². The lowest BCUT2D eigenvalue weighted by atomic mass is 10.2. The van der Waals surface area contributed by atoms with Crippen molar-refractivity contribution in [3.05, 3.63) is 29.6 Å². The van der Waals surface area contributed by atoms with E-state index < -0.39 is 11.7 Å². The molecule has 1 aromatic carbocycles. The fraction of sp³-hybridized carbons (Fsp3) is 0.533. The molecule has 0 spiro atoms. The SMILES string of the molecule is CC(C)Cn1c(CCCO)nc2cc(C(F)(F)F)ccc21. The Hall–Kier alpha value is -1.56. The number of hydrogen-bond acceptors (Lipinski definition) is 2. The van der Waals surface area contributed by atoms with Crippen LogP contribution >= 0.6 is 0 Å². The lowest BCUT2D eigenvalue weighted by molar-refractivity contribution is -0.137. The van der Waals surface area contributed by atoms with Crippen molar-refractivity contribution in [3.8, 4) is 0 Å². The van der Waals surface area contributed by atoms with E-state index in [1.54, 1.807) is 0 Å². The van der Waals surface area contributed by atoms with E-state index in [0.29, 0.717) is 36.3 Å². The summed E-state index contributed by atoms with van der Waals surface area (Å²) in [5.41, 5.74) is 0.390. The molecule has 1 heterocycles. The summed E-state index contributed by atoms with van der Waals surface area (Å²) in [5, 5.41) is 8.94. The molecule has 3 nitrogen and oxygen atoms in total. The number of benzene rings is 1. The zero-order valence-electron chi connectivity index (χ0n) is 12.1. The van der Waals surface area contributed by atoms with Crippen LogP contribution in [0.2, 0.25) is 0 Å². The molecule has 6 heteroatoms. The van der Waals surface area contributed by atoms with Gasteiger partial charge in [-0.3, -0.25) is 0 Å². The van der Waals surface area contributed by atoms with E-state index in [0.717, 1.165) is 18.0 Å². The molecule has 2 rings (SSSR count). The van der Waals surface area contributed by atoms with Gasteiger partial charge in [-0.15, -0.1) is 0 Å². The molecule has 0 fully saturated rings. The van der Waals surface area contributed by atoms with Gasteiger partial charge in [-0.1, -0.05) is 13.8 Å². The smallest absolute Gasteiger partial charge is 0.396 e. The first-order chi connectivity index (χ1) is 9.82. The first-order valence-electron chi connectivity index (χ1n) is 7.00. The topological polar surface area (TPSA) is 38.0 Å². The van der Waals surface area contributed by atoms with Gasteiger partial charge < -0.3 is 9.67 Å². The summed E-state index contributed by atoms with van der Waals surface area (Å²) in [5.74, 6) is 1.09. The minimum absolute atomic E-state index is 0.0404. The Labute approximate surface area is 121 Å². The van der Waals surface area contributed by atoms with Crippen LogP contribution < -0.4 is 0 Å². The molecule has 0 aliphatic rings. The highest BCUT2D eigenvalue weighted by Crippen LogP contribution is 2.31. The maximum atomic E-state index is 12.8. The number of fused-ring (bicyclic) bond motifs is 1. The number of nitrogens with zero attached hydrogens (tertiary/aromatic N) is 2. The second-order valence-corrected chi connectivity index (χ2v) is 5.56. The zero-order chi connectivity index (χ0) is 15.6. The molecule has 2 aromatic rings. The van der Waals surface area contributed by atoms with Gasteiger partial charge in [0.25, 0.3) is 0 Å². The summed E-state index contributed by atoms with van der Waals surface area (Å²) in [6.07, 6.45) is -3.26. The summed E-state index contributed by atoms with van der Waals surface area (Å²) in [6.45, 7) is 4.83. The van der Waals surface area contributed by atoms with Gasteiger partial charge in [0.1, 0.15) is 5.82 Å². The third kappa shape index (κ3) is 3.56. The number of aliphatic hydroxyl groups excluding tert-OH is 1. The number of imidazole rings is 1. The van der Waals surface area contributed by atoms with Crippen molar-refractivity contribution in [2.24, 2.45) is 5.92 Å². The standard InChI is InChI=1S/C15H19F3N2O/c1-10(2)9-20-13-6-5-11(15(16,17)18)8-12(13)19-14(20)4-3-7-21/h5-6,8,10,21H,3-4,7,9H2,1-2H3. The number of rotatable bonds is 5. The highest BCUT2D eigenvalue weighted by Gasteiger charge is 2.31. The second kappa shape index (κ2) is 6.05. The molecule has 0 saturated heterocycles. The first-order valence-corrected chi connectivity index (χ1v) is 7.00. The largest absolute Gasteiger partial charge is 0.416 e. The van der Waals surface area contributed by atoms with Crippen molar-refractivity contribution in [3.63, 3.8) is 0 Å². The Morgan fingerprint density at radius 3 is 2.57 bits per heavy atom. The maximum Gasteiger partial charge on any atom is 0.416 e. The van der Waals surface area contributed by atoms with Crippen LogP contribution in [0.25, 0.3) is 11.0 Å². The summed E-state index contributed by atoms with van der Waals surface area (Å²) < 4.78 is 40.3. The van der Waals surface area contributed by atoms with Crippen molar-refractivity contribution in [1.82, 2.24) is 9.55 Å².